The van der Waals surface area contributed by atoms with Gasteiger partial charge in [-0.15, -0.1) is 0 Å². The van der Waals surface area contributed by atoms with Crippen molar-refractivity contribution in [2.24, 2.45) is 4.99 Å². The molecule has 0 saturated carbocycles. The van der Waals surface area contributed by atoms with Crippen LogP contribution in [-0.2, 0) is 4.79 Å². The fraction of sp³-hybridized carbons (Fsp3) is 0.0500. The van der Waals surface area contributed by atoms with Crippen molar-refractivity contribution < 1.29 is 13.9 Å². The summed E-state index contributed by atoms with van der Waals surface area (Å²) >= 11 is 0.962. The van der Waals surface area contributed by atoms with E-state index >= 15 is 0 Å². The second-order valence-electron chi connectivity index (χ2n) is 5.97. The molecule has 28 heavy (non-hydrogen) atoms. The Morgan fingerprint density at radius 1 is 1.18 bits per heavy atom. The zero-order valence-electron chi connectivity index (χ0n) is 14.7. The number of halogens is 1. The van der Waals surface area contributed by atoms with Gasteiger partial charge >= 0.3 is 4.87 Å². The van der Waals surface area contributed by atoms with Gasteiger partial charge in [0, 0.05) is 22.5 Å². The number of amides is 1. The van der Waals surface area contributed by atoms with Crippen LogP contribution in [0.15, 0.2) is 57.8 Å². The lowest BCUT2D eigenvalue weighted by Gasteiger charge is -2.07. The molecule has 0 atom stereocenters. The minimum atomic E-state index is -0.408. The Morgan fingerprint density at radius 3 is 2.71 bits per heavy atom. The molecule has 6 nitrogen and oxygen atoms in total. The Labute approximate surface area is 162 Å². The van der Waals surface area contributed by atoms with Crippen LogP contribution in [0.4, 0.5) is 15.9 Å². The number of benzene rings is 2. The minimum Gasteiger partial charge on any atom is -0.497 e. The van der Waals surface area contributed by atoms with E-state index in [1.807, 2.05) is 6.07 Å². The van der Waals surface area contributed by atoms with E-state index in [1.54, 1.807) is 43.5 Å². The van der Waals surface area contributed by atoms with Crippen molar-refractivity contribution in [3.8, 4) is 5.75 Å². The maximum atomic E-state index is 13.1. The molecule has 0 fully saturated rings. The van der Waals surface area contributed by atoms with Gasteiger partial charge in [-0.1, -0.05) is 11.3 Å². The first-order chi connectivity index (χ1) is 13.5. The summed E-state index contributed by atoms with van der Waals surface area (Å²) in [7, 11) is 1.55. The van der Waals surface area contributed by atoms with Gasteiger partial charge in [-0.05, 0) is 48.6 Å². The van der Waals surface area contributed by atoms with Crippen LogP contribution in [0.25, 0.3) is 12.2 Å². The van der Waals surface area contributed by atoms with Gasteiger partial charge < -0.3 is 10.1 Å². The van der Waals surface area contributed by atoms with Crippen LogP contribution >= 0.6 is 11.3 Å². The Kier molecular flexibility index (Phi) is 4.62. The maximum Gasteiger partial charge on any atom is 0.306 e. The molecule has 1 aliphatic heterocycles. The average Bonchev–Trinajstić information content (AvgIpc) is 3.02. The van der Waals surface area contributed by atoms with Gasteiger partial charge in [0.25, 0.3) is 5.91 Å². The predicted octanol–water partition coefficient (Wildman–Crippen LogP) is 2.35. The zero-order chi connectivity index (χ0) is 19.7. The Hall–Kier alpha value is -3.52. The molecular formula is C20H14FN3O3S. The molecule has 3 aromatic rings. The molecule has 8 heteroatoms. The number of carbonyl (C=O) groups excluding carboxylic acids is 1. The van der Waals surface area contributed by atoms with Gasteiger partial charge in [-0.25, -0.2) is 9.38 Å². The van der Waals surface area contributed by atoms with Gasteiger partial charge in [0.1, 0.15) is 17.4 Å². The minimum absolute atomic E-state index is 0.276. The zero-order valence-corrected chi connectivity index (χ0v) is 15.5. The number of aromatic amines is 1. The van der Waals surface area contributed by atoms with E-state index in [0.29, 0.717) is 33.1 Å². The summed E-state index contributed by atoms with van der Waals surface area (Å²) in [6.07, 6.45) is 3.32. The number of nitrogens with one attached hydrogen (secondary N) is 2. The van der Waals surface area contributed by atoms with E-state index in [2.05, 4.69) is 15.3 Å². The van der Waals surface area contributed by atoms with Crippen LogP contribution in [-0.4, -0.2) is 18.0 Å². The van der Waals surface area contributed by atoms with Crippen LogP contribution in [0.3, 0.4) is 0 Å². The molecule has 0 aliphatic carbocycles. The number of carbonyl (C=O) groups is 1. The van der Waals surface area contributed by atoms with Crippen molar-refractivity contribution in [1.29, 1.82) is 0 Å². The molecule has 1 aromatic heterocycles. The topological polar surface area (TPSA) is 83.5 Å². The first-order valence-electron chi connectivity index (χ1n) is 8.28. The normalized spacial score (nSPS) is 14.2. The van der Waals surface area contributed by atoms with Crippen molar-refractivity contribution >= 4 is 40.9 Å². The van der Waals surface area contributed by atoms with E-state index in [-0.39, 0.29) is 10.7 Å². The highest BCUT2D eigenvalue weighted by atomic mass is 32.1. The molecule has 0 saturated heterocycles. The van der Waals surface area contributed by atoms with Crippen LogP contribution in [0.5, 0.6) is 5.75 Å². The van der Waals surface area contributed by atoms with Crippen molar-refractivity contribution in [2.45, 2.75) is 0 Å². The largest absolute Gasteiger partial charge is 0.497 e. The Morgan fingerprint density at radius 2 is 1.96 bits per heavy atom. The quantitative estimate of drug-likeness (QED) is 0.665. The van der Waals surface area contributed by atoms with Crippen molar-refractivity contribution in [1.82, 2.24) is 4.98 Å². The number of anilines is 2. The highest BCUT2D eigenvalue weighted by Gasteiger charge is 2.14. The molecule has 4 rings (SSSR count). The molecule has 2 heterocycles. The summed E-state index contributed by atoms with van der Waals surface area (Å²) < 4.78 is 18.2. The molecule has 2 N–H and O–H groups in total. The second-order valence-corrected chi connectivity index (χ2v) is 6.99. The third kappa shape index (κ3) is 3.63. The lowest BCUT2D eigenvalue weighted by molar-refractivity contribution is -0.114. The molecule has 0 spiro atoms. The molecule has 1 aliphatic rings. The number of hydrogen-bond donors (Lipinski definition) is 2. The van der Waals surface area contributed by atoms with E-state index in [9.17, 15) is 14.0 Å². The van der Waals surface area contributed by atoms with E-state index in [0.717, 1.165) is 16.6 Å². The fourth-order valence-electron chi connectivity index (χ4n) is 2.73. The summed E-state index contributed by atoms with van der Waals surface area (Å²) in [5.41, 5.74) is 0.964. The summed E-state index contributed by atoms with van der Waals surface area (Å²) in [6.45, 7) is 0. The van der Waals surface area contributed by atoms with Gasteiger partial charge in [0.05, 0.1) is 17.3 Å². The first-order valence-corrected chi connectivity index (χ1v) is 9.10. The van der Waals surface area contributed by atoms with E-state index in [4.69, 9.17) is 4.74 Å². The van der Waals surface area contributed by atoms with Crippen LogP contribution in [0, 0.1) is 5.82 Å². The number of nitrogens with zero attached hydrogens (tertiary/aromatic N) is 1. The highest BCUT2D eigenvalue weighted by molar-refractivity contribution is 7.10. The monoisotopic (exact) mass is 395 g/mol. The highest BCUT2D eigenvalue weighted by Crippen LogP contribution is 2.24. The van der Waals surface area contributed by atoms with Gasteiger partial charge in [-0.2, -0.15) is 0 Å². The summed E-state index contributed by atoms with van der Waals surface area (Å²) in [5.74, 6) is 0.280. The van der Waals surface area contributed by atoms with Crippen molar-refractivity contribution in [3.05, 3.63) is 79.0 Å². The summed E-state index contributed by atoms with van der Waals surface area (Å²) in [6, 6.07) is 11.0. The average molecular weight is 395 g/mol. The Bertz CT molecular complexity index is 1270. The number of rotatable bonds is 4. The predicted molar refractivity (Wildman–Crippen MR) is 106 cm³/mol. The smallest absolute Gasteiger partial charge is 0.306 e. The van der Waals surface area contributed by atoms with Crippen molar-refractivity contribution in [2.75, 3.05) is 12.4 Å². The number of thiazole rings is 1. The van der Waals surface area contributed by atoms with Crippen LogP contribution in [0.1, 0.15) is 4.88 Å². The number of H-pyrrole nitrogens is 1. The number of methoxy groups -OCH3 is 1. The van der Waals surface area contributed by atoms with Crippen molar-refractivity contribution in [3.63, 3.8) is 0 Å². The second kappa shape index (κ2) is 7.24. The third-order valence-electron chi connectivity index (χ3n) is 4.09. The standard InChI is InChI=1S/C20H14FN3O3S/c1-27-15-7-2-11-8-12(19(25)23-16(11)10-15)9-17-18(24-20(26)28-17)22-14-5-3-13(21)4-6-14/h2-10,22H,1H3,(H,24,26)/b12-9-. The maximum absolute atomic E-state index is 13.1. The molecule has 140 valence electrons. The third-order valence-corrected chi connectivity index (χ3v) is 4.92. The number of fused-ring (bicyclic) bond motifs is 1. The first kappa shape index (κ1) is 17.9. The van der Waals surface area contributed by atoms with Gasteiger partial charge in [0.15, 0.2) is 0 Å². The lowest BCUT2D eigenvalue weighted by atomic mass is 10.1. The van der Waals surface area contributed by atoms with Crippen LogP contribution in [0.2, 0.25) is 0 Å². The molecule has 1 amide bonds. The van der Waals surface area contributed by atoms with E-state index < -0.39 is 5.91 Å². The molecule has 0 radical (unpaired) electrons. The molecule has 2 aromatic carbocycles. The molecule has 0 unspecified atom stereocenters. The number of ether oxygens (including phenoxy) is 1. The Balaban J connectivity index is 1.72. The van der Waals surface area contributed by atoms with E-state index in [1.165, 1.54) is 12.1 Å². The van der Waals surface area contributed by atoms with Crippen LogP contribution < -0.4 is 25.5 Å². The molecular weight excluding hydrogens is 381 g/mol. The summed E-state index contributed by atoms with van der Waals surface area (Å²) in [4.78, 5) is 31.3. The SMILES string of the molecule is COc1ccc2c(c1)=NC(=O)/C(=C\c1sc(=O)[nH]c1Nc1ccc(F)cc1)C=2. The molecule has 0 bridgehead atoms. The number of aromatic nitrogens is 1. The van der Waals surface area contributed by atoms with Gasteiger partial charge in [-0.3, -0.25) is 14.6 Å². The van der Waals surface area contributed by atoms with Gasteiger partial charge in [0.2, 0.25) is 0 Å². The lowest BCUT2D eigenvalue weighted by Crippen LogP contribution is -2.30. The fourth-order valence-corrected chi connectivity index (χ4v) is 3.47. The summed E-state index contributed by atoms with van der Waals surface area (Å²) in [5, 5.41) is 4.35. The number of hydrogen-bond acceptors (Lipinski definition) is 5.